The number of hydrogen-bond donors (Lipinski definition) is 1. The molecule has 0 heterocycles. The second-order valence-corrected chi connectivity index (χ2v) is 9.39. The van der Waals surface area contributed by atoms with Gasteiger partial charge in [-0.05, 0) is 54.7 Å². The molecule has 0 aliphatic heterocycles. The highest BCUT2D eigenvalue weighted by Gasteiger charge is 2.23. The van der Waals surface area contributed by atoms with Crippen LogP contribution in [-0.4, -0.2) is 32.2 Å². The SMILES string of the molecule is CC(C)Cc1ccc([C@H](C)NC(=O)CN(C)S(=O)(=O)c2ccc(F)cc2)cc1. The van der Waals surface area contributed by atoms with Crippen molar-refractivity contribution in [3.8, 4) is 0 Å². The van der Waals surface area contributed by atoms with Crippen LogP contribution in [0.25, 0.3) is 0 Å². The number of carbonyl (C=O) groups excluding carboxylic acids is 1. The summed E-state index contributed by atoms with van der Waals surface area (Å²) < 4.78 is 38.9. The van der Waals surface area contributed by atoms with Gasteiger partial charge in [-0.15, -0.1) is 0 Å². The molecule has 0 bridgehead atoms. The van der Waals surface area contributed by atoms with E-state index in [2.05, 4.69) is 19.2 Å². The van der Waals surface area contributed by atoms with Crippen LogP contribution in [0.2, 0.25) is 0 Å². The number of rotatable bonds is 8. The summed E-state index contributed by atoms with van der Waals surface area (Å²) in [7, 11) is -2.54. The van der Waals surface area contributed by atoms with Gasteiger partial charge in [0.05, 0.1) is 17.5 Å². The molecule has 0 aliphatic carbocycles. The zero-order valence-electron chi connectivity index (χ0n) is 16.6. The number of amides is 1. The summed E-state index contributed by atoms with van der Waals surface area (Å²) in [6.45, 7) is 5.85. The maximum atomic E-state index is 13.0. The van der Waals surface area contributed by atoms with E-state index in [1.54, 1.807) is 0 Å². The van der Waals surface area contributed by atoms with E-state index in [1.807, 2.05) is 31.2 Å². The van der Waals surface area contributed by atoms with Gasteiger partial charge in [0.1, 0.15) is 5.82 Å². The van der Waals surface area contributed by atoms with Crippen molar-refractivity contribution in [1.29, 1.82) is 0 Å². The monoisotopic (exact) mass is 406 g/mol. The van der Waals surface area contributed by atoms with Crippen molar-refractivity contribution in [3.05, 3.63) is 65.5 Å². The van der Waals surface area contributed by atoms with Gasteiger partial charge in [0.15, 0.2) is 0 Å². The van der Waals surface area contributed by atoms with Crippen LogP contribution in [0.15, 0.2) is 53.4 Å². The Hall–Kier alpha value is -2.25. The molecule has 0 saturated heterocycles. The van der Waals surface area contributed by atoms with Gasteiger partial charge in [-0.2, -0.15) is 4.31 Å². The Balaban J connectivity index is 1.97. The highest BCUT2D eigenvalue weighted by Crippen LogP contribution is 2.17. The molecule has 0 aliphatic rings. The van der Waals surface area contributed by atoms with E-state index in [-0.39, 0.29) is 17.5 Å². The fourth-order valence-electron chi connectivity index (χ4n) is 2.86. The molecule has 0 unspecified atom stereocenters. The molecule has 1 N–H and O–H groups in total. The minimum Gasteiger partial charge on any atom is -0.348 e. The lowest BCUT2D eigenvalue weighted by Gasteiger charge is -2.19. The van der Waals surface area contributed by atoms with Crippen LogP contribution in [0.1, 0.15) is 37.9 Å². The van der Waals surface area contributed by atoms with E-state index in [0.717, 1.165) is 28.4 Å². The molecule has 152 valence electrons. The van der Waals surface area contributed by atoms with Crippen LogP contribution >= 0.6 is 0 Å². The molecular formula is C21H27FN2O3S. The number of benzene rings is 2. The summed E-state index contributed by atoms with van der Waals surface area (Å²) in [6, 6.07) is 12.3. The number of hydrogen-bond acceptors (Lipinski definition) is 3. The molecular weight excluding hydrogens is 379 g/mol. The molecule has 0 spiro atoms. The average Bonchev–Trinajstić information content (AvgIpc) is 2.62. The van der Waals surface area contributed by atoms with Gasteiger partial charge in [-0.3, -0.25) is 4.79 Å². The first-order valence-corrected chi connectivity index (χ1v) is 10.6. The first kappa shape index (κ1) is 22.0. The Morgan fingerprint density at radius 2 is 1.61 bits per heavy atom. The fourth-order valence-corrected chi connectivity index (χ4v) is 3.99. The van der Waals surface area contributed by atoms with Crippen molar-refractivity contribution < 1.29 is 17.6 Å². The highest BCUT2D eigenvalue weighted by atomic mass is 32.2. The highest BCUT2D eigenvalue weighted by molar-refractivity contribution is 7.89. The summed E-state index contributed by atoms with van der Waals surface area (Å²) in [5.41, 5.74) is 2.19. The largest absolute Gasteiger partial charge is 0.348 e. The minimum atomic E-state index is -3.86. The predicted molar refractivity (Wildman–Crippen MR) is 108 cm³/mol. The van der Waals surface area contributed by atoms with E-state index in [1.165, 1.54) is 24.7 Å². The lowest BCUT2D eigenvalue weighted by atomic mass is 10.00. The number of halogens is 1. The zero-order chi connectivity index (χ0) is 20.9. The van der Waals surface area contributed by atoms with E-state index < -0.39 is 21.7 Å². The maximum Gasteiger partial charge on any atom is 0.243 e. The molecule has 0 radical (unpaired) electrons. The first-order chi connectivity index (χ1) is 13.1. The summed E-state index contributed by atoms with van der Waals surface area (Å²) in [4.78, 5) is 12.2. The second-order valence-electron chi connectivity index (χ2n) is 7.34. The van der Waals surface area contributed by atoms with Crippen LogP contribution in [0, 0.1) is 11.7 Å². The van der Waals surface area contributed by atoms with E-state index in [0.29, 0.717) is 5.92 Å². The van der Waals surface area contributed by atoms with Crippen molar-refractivity contribution in [2.45, 2.75) is 38.1 Å². The third-order valence-electron chi connectivity index (χ3n) is 4.39. The topological polar surface area (TPSA) is 66.5 Å². The van der Waals surface area contributed by atoms with Crippen LogP contribution in [0.4, 0.5) is 4.39 Å². The molecule has 0 aromatic heterocycles. The van der Waals surface area contributed by atoms with E-state index in [4.69, 9.17) is 0 Å². The summed E-state index contributed by atoms with van der Waals surface area (Å²) in [5, 5.41) is 2.81. The van der Waals surface area contributed by atoms with Crippen molar-refractivity contribution in [3.63, 3.8) is 0 Å². The van der Waals surface area contributed by atoms with Gasteiger partial charge in [-0.1, -0.05) is 38.1 Å². The van der Waals surface area contributed by atoms with Crippen molar-refractivity contribution in [2.75, 3.05) is 13.6 Å². The number of nitrogens with zero attached hydrogens (tertiary/aromatic N) is 1. The van der Waals surface area contributed by atoms with Gasteiger partial charge in [0.25, 0.3) is 0 Å². The molecule has 28 heavy (non-hydrogen) atoms. The summed E-state index contributed by atoms with van der Waals surface area (Å²) in [5.74, 6) is -0.360. The molecule has 2 aromatic rings. The molecule has 7 heteroatoms. The molecule has 1 amide bonds. The fraction of sp³-hybridized carbons (Fsp3) is 0.381. The number of likely N-dealkylation sites (N-methyl/N-ethyl adjacent to an activating group) is 1. The van der Waals surface area contributed by atoms with E-state index in [9.17, 15) is 17.6 Å². The third-order valence-corrected chi connectivity index (χ3v) is 6.21. The standard InChI is InChI=1S/C21H27FN2O3S/c1-15(2)13-17-5-7-18(8-6-17)16(3)23-21(25)14-24(4)28(26,27)20-11-9-19(22)10-12-20/h5-12,15-16H,13-14H2,1-4H3,(H,23,25)/t16-/m0/s1. The van der Waals surface area contributed by atoms with Crippen molar-refractivity contribution >= 4 is 15.9 Å². The Bertz CT molecular complexity index is 894. The lowest BCUT2D eigenvalue weighted by Crippen LogP contribution is -2.39. The predicted octanol–water partition coefficient (Wildman–Crippen LogP) is 3.52. The minimum absolute atomic E-state index is 0.0574. The molecule has 2 rings (SSSR count). The smallest absolute Gasteiger partial charge is 0.243 e. The second kappa shape index (κ2) is 9.30. The number of sulfonamides is 1. The number of nitrogens with one attached hydrogen (secondary N) is 1. The lowest BCUT2D eigenvalue weighted by molar-refractivity contribution is -0.121. The Labute approximate surface area is 166 Å². The van der Waals surface area contributed by atoms with Gasteiger partial charge >= 0.3 is 0 Å². The molecule has 0 fully saturated rings. The quantitative estimate of drug-likeness (QED) is 0.729. The van der Waals surface area contributed by atoms with Crippen LogP contribution in [-0.2, 0) is 21.2 Å². The van der Waals surface area contributed by atoms with Gasteiger partial charge < -0.3 is 5.32 Å². The van der Waals surface area contributed by atoms with Crippen molar-refractivity contribution in [2.24, 2.45) is 5.92 Å². The van der Waals surface area contributed by atoms with Gasteiger partial charge in [0, 0.05) is 7.05 Å². The normalized spacial score (nSPS) is 13.0. The van der Waals surface area contributed by atoms with Gasteiger partial charge in [0.2, 0.25) is 15.9 Å². The maximum absolute atomic E-state index is 13.0. The molecule has 2 aromatic carbocycles. The Kier molecular flexibility index (Phi) is 7.32. The van der Waals surface area contributed by atoms with Gasteiger partial charge in [-0.25, -0.2) is 12.8 Å². The van der Waals surface area contributed by atoms with Crippen molar-refractivity contribution in [1.82, 2.24) is 9.62 Å². The van der Waals surface area contributed by atoms with Crippen LogP contribution in [0.5, 0.6) is 0 Å². The molecule has 1 atom stereocenters. The Morgan fingerprint density at radius 3 is 2.14 bits per heavy atom. The zero-order valence-corrected chi connectivity index (χ0v) is 17.5. The van der Waals surface area contributed by atoms with Crippen LogP contribution in [0.3, 0.4) is 0 Å². The Morgan fingerprint density at radius 1 is 1.04 bits per heavy atom. The third kappa shape index (κ3) is 5.87. The summed E-state index contributed by atoms with van der Waals surface area (Å²) >= 11 is 0. The number of carbonyl (C=O) groups is 1. The van der Waals surface area contributed by atoms with E-state index >= 15 is 0 Å². The summed E-state index contributed by atoms with van der Waals surface area (Å²) in [6.07, 6.45) is 0.993. The molecule has 0 saturated carbocycles. The van der Waals surface area contributed by atoms with Crippen LogP contribution < -0.4 is 5.32 Å². The molecule has 5 nitrogen and oxygen atoms in total. The average molecular weight is 407 g/mol. The first-order valence-electron chi connectivity index (χ1n) is 9.19.